The molecule has 0 atom stereocenters. The van der Waals surface area contributed by atoms with Gasteiger partial charge in [-0.1, -0.05) is 17.7 Å². The minimum Gasteiger partial charge on any atom is -0.454 e. The van der Waals surface area contributed by atoms with Crippen molar-refractivity contribution < 1.29 is 23.8 Å². The molecule has 0 bridgehead atoms. The van der Waals surface area contributed by atoms with E-state index in [-0.39, 0.29) is 47.5 Å². The van der Waals surface area contributed by atoms with Crippen molar-refractivity contribution in [1.82, 2.24) is 19.0 Å². The minimum absolute atomic E-state index is 0.110. The van der Waals surface area contributed by atoms with Gasteiger partial charge < -0.3 is 20.1 Å². The van der Waals surface area contributed by atoms with Gasteiger partial charge in [-0.3, -0.25) is 19.2 Å². The second kappa shape index (κ2) is 10.7. The van der Waals surface area contributed by atoms with Crippen molar-refractivity contribution in [1.29, 1.82) is 0 Å². The van der Waals surface area contributed by atoms with Crippen LogP contribution < -0.4 is 21.1 Å². The lowest BCUT2D eigenvalue weighted by atomic mass is 10.2. The molecule has 1 fully saturated rings. The van der Waals surface area contributed by atoms with Crippen LogP contribution in [-0.4, -0.2) is 55.3 Å². The molecule has 5 rings (SSSR count). The van der Waals surface area contributed by atoms with Crippen LogP contribution in [0.1, 0.15) is 21.7 Å². The van der Waals surface area contributed by atoms with Crippen molar-refractivity contribution in [3.05, 3.63) is 94.0 Å². The number of aliphatic hydroxyl groups is 1. The Morgan fingerprint density at radius 2 is 1.77 bits per heavy atom. The monoisotopic (exact) mass is 546 g/mol. The third kappa shape index (κ3) is 5.29. The summed E-state index contributed by atoms with van der Waals surface area (Å²) < 4.78 is 23.3. The molecule has 3 N–H and O–H groups in total. The molecule has 3 heterocycles. The Morgan fingerprint density at radius 3 is 2.45 bits per heavy atom. The predicted molar refractivity (Wildman–Crippen MR) is 146 cm³/mol. The second-order valence-corrected chi connectivity index (χ2v) is 9.51. The van der Waals surface area contributed by atoms with Gasteiger partial charge in [-0.15, -0.1) is 0 Å². The lowest BCUT2D eigenvalue weighted by Crippen LogP contribution is -2.54. The van der Waals surface area contributed by atoms with Crippen molar-refractivity contribution in [2.45, 2.75) is 20.0 Å². The zero-order valence-corrected chi connectivity index (χ0v) is 22.0. The number of nitrogens with one attached hydrogen (secondary N) is 2. The highest BCUT2D eigenvalue weighted by atomic mass is 19.1. The van der Waals surface area contributed by atoms with Crippen LogP contribution in [0.15, 0.2) is 65.6 Å². The van der Waals surface area contributed by atoms with E-state index in [2.05, 4.69) is 15.6 Å². The van der Waals surface area contributed by atoms with Gasteiger partial charge in [0.15, 0.2) is 11.6 Å². The van der Waals surface area contributed by atoms with Crippen LogP contribution in [0.25, 0.3) is 5.69 Å². The Labute approximate surface area is 228 Å². The number of pyridine rings is 1. The number of anilines is 2. The van der Waals surface area contributed by atoms with Crippen LogP contribution >= 0.6 is 0 Å². The number of halogens is 1. The number of aromatic nitrogens is 3. The third-order valence-corrected chi connectivity index (χ3v) is 6.53. The molecule has 3 amide bonds. The Morgan fingerprint density at radius 1 is 1.05 bits per heavy atom. The third-order valence-electron chi connectivity index (χ3n) is 6.53. The van der Waals surface area contributed by atoms with Crippen LogP contribution in [0.2, 0.25) is 0 Å². The molecule has 2 aromatic carbocycles. The van der Waals surface area contributed by atoms with Crippen molar-refractivity contribution in [2.75, 3.05) is 23.7 Å². The SMILES string of the molecule is Cc1ccc(-n2c(C)c(C(=O)Nc3ccc(Oc4ccnc(NC(=O)N5CC(O)C5)c4)c(F)c3)n(C)c2=O)cc1. The molecule has 2 aromatic heterocycles. The lowest BCUT2D eigenvalue weighted by Gasteiger charge is -2.35. The fourth-order valence-corrected chi connectivity index (χ4v) is 4.38. The summed E-state index contributed by atoms with van der Waals surface area (Å²) in [4.78, 5) is 43.6. The van der Waals surface area contributed by atoms with E-state index < -0.39 is 23.9 Å². The number of aryl methyl sites for hydroxylation is 1. The lowest BCUT2D eigenvalue weighted by molar-refractivity contribution is 0.0308. The van der Waals surface area contributed by atoms with Crippen molar-refractivity contribution in [3.8, 4) is 17.2 Å². The van der Waals surface area contributed by atoms with Crippen LogP contribution in [0, 0.1) is 19.7 Å². The number of benzene rings is 2. The maximum atomic E-state index is 14.9. The number of nitrogens with zero attached hydrogens (tertiary/aromatic N) is 4. The first-order valence-electron chi connectivity index (χ1n) is 12.4. The van der Waals surface area contributed by atoms with Crippen molar-refractivity contribution in [2.24, 2.45) is 7.05 Å². The smallest absolute Gasteiger partial charge is 0.333 e. The first kappa shape index (κ1) is 26.6. The maximum absolute atomic E-state index is 14.9. The average molecular weight is 547 g/mol. The normalized spacial score (nSPS) is 13.1. The summed E-state index contributed by atoms with van der Waals surface area (Å²) in [5, 5.41) is 14.6. The summed E-state index contributed by atoms with van der Waals surface area (Å²) in [5.41, 5.74) is 2.05. The summed E-state index contributed by atoms with van der Waals surface area (Å²) in [5.74, 6) is -0.987. The molecule has 1 saturated heterocycles. The van der Waals surface area contributed by atoms with Gasteiger partial charge in [0.2, 0.25) is 0 Å². The van der Waals surface area contributed by atoms with Crippen molar-refractivity contribution in [3.63, 3.8) is 0 Å². The molecule has 206 valence electrons. The Balaban J connectivity index is 1.29. The van der Waals surface area contributed by atoms with Gasteiger partial charge in [0, 0.05) is 31.1 Å². The largest absolute Gasteiger partial charge is 0.454 e. The number of carbonyl (C=O) groups is 2. The van der Waals surface area contributed by atoms with Gasteiger partial charge in [-0.25, -0.2) is 19.0 Å². The topological polar surface area (TPSA) is 131 Å². The molecule has 12 heteroatoms. The number of carbonyl (C=O) groups excluding carboxylic acids is 2. The van der Waals surface area contributed by atoms with E-state index in [0.29, 0.717) is 11.4 Å². The molecular weight excluding hydrogens is 519 g/mol. The Kier molecular flexibility index (Phi) is 7.09. The zero-order chi connectivity index (χ0) is 28.6. The summed E-state index contributed by atoms with van der Waals surface area (Å²) in [7, 11) is 1.50. The summed E-state index contributed by atoms with van der Waals surface area (Å²) in [6, 6.07) is 13.8. The fourth-order valence-electron chi connectivity index (χ4n) is 4.38. The standard InChI is InChI=1S/C28H27FN6O5/c1-16-4-7-19(8-5-16)35-17(2)25(33(3)28(35)39)26(37)31-18-6-9-23(22(29)12-18)40-21-10-11-30-24(13-21)32-27(38)34-14-20(36)15-34/h4-13,20,36H,14-15H2,1-3H3,(H,31,37)(H,30,32,38). The van der Waals surface area contributed by atoms with Gasteiger partial charge in [-0.2, -0.15) is 0 Å². The van der Waals surface area contributed by atoms with Crippen molar-refractivity contribution >= 4 is 23.4 Å². The molecule has 1 aliphatic rings. The van der Waals surface area contributed by atoms with Gasteiger partial charge in [0.05, 0.1) is 30.6 Å². The van der Waals surface area contributed by atoms with E-state index in [0.717, 1.165) is 11.6 Å². The van der Waals surface area contributed by atoms with Gasteiger partial charge >= 0.3 is 11.7 Å². The predicted octanol–water partition coefficient (Wildman–Crippen LogP) is 3.58. The molecule has 0 saturated carbocycles. The molecular formula is C28H27FN6O5. The molecule has 0 aliphatic carbocycles. The summed E-state index contributed by atoms with van der Waals surface area (Å²) >= 11 is 0. The zero-order valence-electron chi connectivity index (χ0n) is 22.0. The molecule has 40 heavy (non-hydrogen) atoms. The Bertz CT molecular complexity index is 1660. The number of ether oxygens (including phenoxy) is 1. The molecule has 0 unspecified atom stereocenters. The number of likely N-dealkylation sites (tertiary alicyclic amines) is 1. The van der Waals surface area contributed by atoms with Gasteiger partial charge in [0.1, 0.15) is 17.3 Å². The van der Waals surface area contributed by atoms with E-state index in [1.165, 1.54) is 51.5 Å². The van der Waals surface area contributed by atoms with Crippen LogP contribution in [-0.2, 0) is 7.05 Å². The highest BCUT2D eigenvalue weighted by Gasteiger charge is 2.29. The minimum atomic E-state index is -0.738. The highest BCUT2D eigenvalue weighted by molar-refractivity contribution is 6.04. The number of urea groups is 1. The first-order chi connectivity index (χ1) is 19.1. The quantitative estimate of drug-likeness (QED) is 0.339. The molecule has 1 aliphatic heterocycles. The fraction of sp³-hybridized carbons (Fsp3) is 0.214. The first-order valence-corrected chi connectivity index (χ1v) is 12.4. The highest BCUT2D eigenvalue weighted by Crippen LogP contribution is 2.28. The van der Waals surface area contributed by atoms with E-state index in [1.807, 2.05) is 19.1 Å². The second-order valence-electron chi connectivity index (χ2n) is 9.51. The van der Waals surface area contributed by atoms with Gasteiger partial charge in [-0.05, 0) is 44.2 Å². The van der Waals surface area contributed by atoms with Crippen LogP contribution in [0.3, 0.4) is 0 Å². The van der Waals surface area contributed by atoms with E-state index in [1.54, 1.807) is 19.1 Å². The number of amides is 3. The van der Waals surface area contributed by atoms with E-state index in [4.69, 9.17) is 4.74 Å². The number of imidazole rings is 1. The number of hydrogen-bond acceptors (Lipinski definition) is 6. The number of rotatable bonds is 6. The van der Waals surface area contributed by atoms with Gasteiger partial charge in [0.25, 0.3) is 5.91 Å². The maximum Gasteiger partial charge on any atom is 0.333 e. The molecule has 0 spiro atoms. The molecule has 0 radical (unpaired) electrons. The van der Waals surface area contributed by atoms with Crippen LogP contribution in [0.4, 0.5) is 20.7 Å². The number of β-amino-alcohol motifs (C(OH)–C–C–N with tert-alkyl or cyclic N) is 1. The summed E-state index contributed by atoms with van der Waals surface area (Å²) in [6.45, 7) is 4.09. The summed E-state index contributed by atoms with van der Waals surface area (Å²) in [6.07, 6.45) is 0.873. The molecule has 11 nitrogen and oxygen atoms in total. The van der Waals surface area contributed by atoms with E-state index in [9.17, 15) is 23.9 Å². The molecule has 4 aromatic rings. The van der Waals surface area contributed by atoms with Crippen LogP contribution in [0.5, 0.6) is 11.5 Å². The average Bonchev–Trinajstić information content (AvgIpc) is 3.12. The Hall–Kier alpha value is -4.97. The number of aliphatic hydroxyl groups excluding tert-OH is 1. The van der Waals surface area contributed by atoms with E-state index >= 15 is 0 Å². The number of hydrogen-bond donors (Lipinski definition) is 3.